The Kier molecular flexibility index (Phi) is 4.58. The zero-order chi connectivity index (χ0) is 13.7. The predicted octanol–water partition coefficient (Wildman–Crippen LogP) is 2.68. The Balaban J connectivity index is 1.99. The minimum atomic E-state index is -0.0566. The normalized spacial score (nSPS) is 12.4. The average molecular weight is 259 g/mol. The molecule has 1 unspecified atom stereocenters. The van der Waals surface area contributed by atoms with Gasteiger partial charge < -0.3 is 10.5 Å². The second-order valence-corrected chi connectivity index (χ2v) is 4.68. The van der Waals surface area contributed by atoms with Crippen LogP contribution < -0.4 is 10.5 Å². The van der Waals surface area contributed by atoms with Crippen LogP contribution in [0.4, 0.5) is 0 Å². The van der Waals surface area contributed by atoms with Crippen LogP contribution in [-0.4, -0.2) is 16.4 Å². The summed E-state index contributed by atoms with van der Waals surface area (Å²) in [6.07, 6.45) is 2.81. The number of ether oxygens (including phenoxy) is 1. The minimum absolute atomic E-state index is 0.0566. The summed E-state index contributed by atoms with van der Waals surface area (Å²) in [4.78, 5) is 0. The van der Waals surface area contributed by atoms with E-state index in [1.165, 1.54) is 0 Å². The largest absolute Gasteiger partial charge is 0.494 e. The van der Waals surface area contributed by atoms with Gasteiger partial charge in [-0.25, -0.2) is 0 Å². The van der Waals surface area contributed by atoms with Gasteiger partial charge in [0.2, 0.25) is 0 Å². The summed E-state index contributed by atoms with van der Waals surface area (Å²) >= 11 is 0. The zero-order valence-electron chi connectivity index (χ0n) is 11.5. The Bertz CT molecular complexity index is 504. The quantitative estimate of drug-likeness (QED) is 0.867. The SMILES string of the molecule is CCCOc1ccc(C(N)Cn2nccc2C)cc1. The maximum atomic E-state index is 6.20. The van der Waals surface area contributed by atoms with E-state index < -0.39 is 0 Å². The van der Waals surface area contributed by atoms with Gasteiger partial charge in [0.25, 0.3) is 0 Å². The molecule has 1 atom stereocenters. The van der Waals surface area contributed by atoms with Crippen LogP contribution >= 0.6 is 0 Å². The van der Waals surface area contributed by atoms with Crippen molar-refractivity contribution < 1.29 is 4.74 Å². The van der Waals surface area contributed by atoms with Crippen molar-refractivity contribution in [2.45, 2.75) is 32.9 Å². The van der Waals surface area contributed by atoms with Gasteiger partial charge in [-0.05, 0) is 37.1 Å². The molecule has 0 bridgehead atoms. The lowest BCUT2D eigenvalue weighted by Crippen LogP contribution is -2.19. The summed E-state index contributed by atoms with van der Waals surface area (Å²) in [6, 6.07) is 9.91. The number of hydrogen-bond acceptors (Lipinski definition) is 3. The van der Waals surface area contributed by atoms with Crippen molar-refractivity contribution in [2.75, 3.05) is 6.61 Å². The molecule has 2 rings (SSSR count). The van der Waals surface area contributed by atoms with Crippen LogP contribution in [0.3, 0.4) is 0 Å². The lowest BCUT2D eigenvalue weighted by molar-refractivity contribution is 0.317. The molecule has 1 aromatic carbocycles. The van der Waals surface area contributed by atoms with Gasteiger partial charge in [-0.15, -0.1) is 0 Å². The summed E-state index contributed by atoms with van der Waals surface area (Å²) in [5, 5.41) is 4.25. The van der Waals surface area contributed by atoms with E-state index in [0.29, 0.717) is 6.54 Å². The molecule has 0 aliphatic carbocycles. The van der Waals surface area contributed by atoms with Crippen LogP contribution in [0.15, 0.2) is 36.5 Å². The summed E-state index contributed by atoms with van der Waals surface area (Å²) in [5.74, 6) is 0.896. The van der Waals surface area contributed by atoms with Crippen molar-refractivity contribution in [1.82, 2.24) is 9.78 Å². The first-order valence-electron chi connectivity index (χ1n) is 6.67. The van der Waals surface area contributed by atoms with Crippen LogP contribution in [-0.2, 0) is 6.54 Å². The molecular weight excluding hydrogens is 238 g/mol. The van der Waals surface area contributed by atoms with Gasteiger partial charge in [0, 0.05) is 17.9 Å². The first-order valence-corrected chi connectivity index (χ1v) is 6.67. The Morgan fingerprint density at radius 2 is 2.00 bits per heavy atom. The highest BCUT2D eigenvalue weighted by atomic mass is 16.5. The topological polar surface area (TPSA) is 53.1 Å². The molecule has 2 aromatic rings. The fourth-order valence-electron chi connectivity index (χ4n) is 1.91. The maximum absolute atomic E-state index is 6.20. The van der Waals surface area contributed by atoms with Gasteiger partial charge in [0.1, 0.15) is 5.75 Å². The number of rotatable bonds is 6. The Morgan fingerprint density at radius 1 is 1.26 bits per heavy atom. The van der Waals surface area contributed by atoms with Crippen LogP contribution in [0.1, 0.15) is 30.6 Å². The third-order valence-corrected chi connectivity index (χ3v) is 3.08. The van der Waals surface area contributed by atoms with Crippen molar-refractivity contribution in [3.63, 3.8) is 0 Å². The molecule has 19 heavy (non-hydrogen) atoms. The van der Waals surface area contributed by atoms with E-state index in [-0.39, 0.29) is 6.04 Å². The molecule has 0 spiro atoms. The highest BCUT2D eigenvalue weighted by Crippen LogP contribution is 2.18. The molecular formula is C15H21N3O. The first-order chi connectivity index (χ1) is 9.20. The second kappa shape index (κ2) is 6.38. The first kappa shape index (κ1) is 13.6. The number of nitrogens with two attached hydrogens (primary N) is 1. The molecule has 0 aliphatic rings. The lowest BCUT2D eigenvalue weighted by Gasteiger charge is -2.14. The van der Waals surface area contributed by atoms with E-state index in [9.17, 15) is 0 Å². The van der Waals surface area contributed by atoms with E-state index >= 15 is 0 Å². The van der Waals surface area contributed by atoms with E-state index in [1.54, 1.807) is 6.20 Å². The third-order valence-electron chi connectivity index (χ3n) is 3.08. The van der Waals surface area contributed by atoms with Gasteiger partial charge in [-0.3, -0.25) is 4.68 Å². The fourth-order valence-corrected chi connectivity index (χ4v) is 1.91. The highest BCUT2D eigenvalue weighted by molar-refractivity contribution is 5.29. The third kappa shape index (κ3) is 3.58. The Morgan fingerprint density at radius 3 is 2.58 bits per heavy atom. The number of benzene rings is 1. The van der Waals surface area contributed by atoms with E-state index in [1.807, 2.05) is 41.9 Å². The molecule has 102 valence electrons. The van der Waals surface area contributed by atoms with Crippen LogP contribution in [0.2, 0.25) is 0 Å². The number of nitrogens with zero attached hydrogens (tertiary/aromatic N) is 2. The summed E-state index contributed by atoms with van der Waals surface area (Å²) < 4.78 is 7.48. The Labute approximate surface area is 114 Å². The van der Waals surface area contributed by atoms with Crippen molar-refractivity contribution in [2.24, 2.45) is 5.73 Å². The van der Waals surface area contributed by atoms with Crippen LogP contribution in [0.5, 0.6) is 5.75 Å². The monoisotopic (exact) mass is 259 g/mol. The molecule has 1 heterocycles. The average Bonchev–Trinajstić information content (AvgIpc) is 2.82. The second-order valence-electron chi connectivity index (χ2n) is 4.68. The van der Waals surface area contributed by atoms with Crippen molar-refractivity contribution in [3.05, 3.63) is 47.8 Å². The number of aryl methyl sites for hydroxylation is 1. The van der Waals surface area contributed by atoms with Gasteiger partial charge in [0.15, 0.2) is 0 Å². The van der Waals surface area contributed by atoms with Gasteiger partial charge in [-0.1, -0.05) is 19.1 Å². The summed E-state index contributed by atoms with van der Waals surface area (Å²) in [6.45, 7) is 5.56. The van der Waals surface area contributed by atoms with E-state index in [4.69, 9.17) is 10.5 Å². The molecule has 0 amide bonds. The van der Waals surface area contributed by atoms with Crippen molar-refractivity contribution in [3.8, 4) is 5.75 Å². The molecule has 1 aromatic heterocycles. The van der Waals surface area contributed by atoms with Crippen molar-refractivity contribution in [1.29, 1.82) is 0 Å². The summed E-state index contributed by atoms with van der Waals surface area (Å²) in [7, 11) is 0. The number of hydrogen-bond donors (Lipinski definition) is 1. The lowest BCUT2D eigenvalue weighted by atomic mass is 10.1. The van der Waals surface area contributed by atoms with Crippen LogP contribution in [0.25, 0.3) is 0 Å². The molecule has 4 nitrogen and oxygen atoms in total. The number of aromatic nitrogens is 2. The van der Waals surface area contributed by atoms with Gasteiger partial charge >= 0.3 is 0 Å². The Hall–Kier alpha value is -1.81. The standard InChI is InChI=1S/C15H21N3O/c1-3-10-19-14-6-4-13(5-7-14)15(16)11-18-12(2)8-9-17-18/h4-9,15H,3,10-11,16H2,1-2H3. The zero-order valence-corrected chi connectivity index (χ0v) is 11.5. The molecule has 4 heteroatoms. The van der Waals surface area contributed by atoms with Gasteiger partial charge in [0.05, 0.1) is 13.2 Å². The van der Waals surface area contributed by atoms with Crippen molar-refractivity contribution >= 4 is 0 Å². The molecule has 0 aliphatic heterocycles. The smallest absolute Gasteiger partial charge is 0.119 e. The van der Waals surface area contributed by atoms with E-state index in [0.717, 1.165) is 30.0 Å². The predicted molar refractivity (Wildman–Crippen MR) is 76.1 cm³/mol. The molecule has 0 saturated heterocycles. The maximum Gasteiger partial charge on any atom is 0.119 e. The molecule has 0 fully saturated rings. The van der Waals surface area contributed by atoms with Gasteiger partial charge in [-0.2, -0.15) is 5.10 Å². The highest BCUT2D eigenvalue weighted by Gasteiger charge is 2.08. The van der Waals surface area contributed by atoms with Crippen LogP contribution in [0, 0.1) is 6.92 Å². The molecule has 0 radical (unpaired) electrons. The molecule has 0 saturated carbocycles. The molecule has 2 N–H and O–H groups in total. The minimum Gasteiger partial charge on any atom is -0.494 e. The summed E-state index contributed by atoms with van der Waals surface area (Å²) in [5.41, 5.74) is 8.42. The fraction of sp³-hybridized carbons (Fsp3) is 0.400. The van der Waals surface area contributed by atoms with E-state index in [2.05, 4.69) is 12.0 Å².